The van der Waals surface area contributed by atoms with Crippen LogP contribution in [0.2, 0.25) is 0 Å². The molecule has 0 spiro atoms. The fourth-order valence-corrected chi connectivity index (χ4v) is 2.65. The van der Waals surface area contributed by atoms with E-state index in [2.05, 4.69) is 42.8 Å². The summed E-state index contributed by atoms with van der Waals surface area (Å²) in [5.41, 5.74) is 2.08. The number of piperazine rings is 1. The van der Waals surface area contributed by atoms with Crippen molar-refractivity contribution in [1.82, 2.24) is 14.7 Å². The van der Waals surface area contributed by atoms with Crippen LogP contribution in [0.4, 0.5) is 0 Å². The molecule has 116 valence electrons. The van der Waals surface area contributed by atoms with E-state index in [0.717, 1.165) is 51.4 Å². The van der Waals surface area contributed by atoms with Crippen molar-refractivity contribution in [3.63, 3.8) is 0 Å². The van der Waals surface area contributed by atoms with Crippen LogP contribution < -0.4 is 0 Å². The minimum absolute atomic E-state index is 0.164. The molecule has 0 atom stereocenters. The number of nitrogens with zero attached hydrogens (tertiary/aromatic N) is 3. The van der Waals surface area contributed by atoms with Crippen molar-refractivity contribution < 1.29 is 4.79 Å². The van der Waals surface area contributed by atoms with Crippen LogP contribution in [-0.4, -0.2) is 66.9 Å². The third-order valence-corrected chi connectivity index (χ3v) is 4.29. The molecule has 1 heterocycles. The first-order chi connectivity index (χ1) is 10.1. The van der Waals surface area contributed by atoms with Crippen LogP contribution in [0.3, 0.4) is 0 Å². The summed E-state index contributed by atoms with van der Waals surface area (Å²) in [6.45, 7) is 11.0. The lowest BCUT2D eigenvalue weighted by atomic mass is 10.1. The van der Waals surface area contributed by atoms with Crippen molar-refractivity contribution in [2.24, 2.45) is 0 Å². The van der Waals surface area contributed by atoms with Gasteiger partial charge in [-0.2, -0.15) is 0 Å². The molecule has 0 aliphatic carbocycles. The van der Waals surface area contributed by atoms with E-state index in [0.29, 0.717) is 0 Å². The van der Waals surface area contributed by atoms with Crippen molar-refractivity contribution in [2.75, 3.05) is 46.3 Å². The van der Waals surface area contributed by atoms with Crippen LogP contribution in [0, 0.1) is 0 Å². The molecule has 0 bridgehead atoms. The molecule has 0 aromatic heterocycles. The minimum atomic E-state index is 0.164. The molecule has 0 unspecified atom stereocenters. The van der Waals surface area contributed by atoms with Gasteiger partial charge in [0.2, 0.25) is 0 Å². The standard InChI is InChI=1S/C17H27N3O/c1-4-19(5-2)14-15-6-8-16(9-7-15)17(21)20-12-10-18(3)11-13-20/h6-9H,4-5,10-14H2,1-3H3. The summed E-state index contributed by atoms with van der Waals surface area (Å²) in [5, 5.41) is 0. The smallest absolute Gasteiger partial charge is 0.253 e. The van der Waals surface area contributed by atoms with Gasteiger partial charge in [-0.1, -0.05) is 26.0 Å². The average molecular weight is 289 g/mol. The summed E-state index contributed by atoms with van der Waals surface area (Å²) in [4.78, 5) is 19.0. The molecule has 1 fully saturated rings. The highest BCUT2D eigenvalue weighted by atomic mass is 16.2. The summed E-state index contributed by atoms with van der Waals surface area (Å²) in [5.74, 6) is 0.164. The van der Waals surface area contributed by atoms with Crippen molar-refractivity contribution in [3.05, 3.63) is 35.4 Å². The third-order valence-electron chi connectivity index (χ3n) is 4.29. The van der Waals surface area contributed by atoms with E-state index in [9.17, 15) is 4.79 Å². The molecular formula is C17H27N3O. The van der Waals surface area contributed by atoms with Crippen LogP contribution in [-0.2, 0) is 6.54 Å². The number of amides is 1. The van der Waals surface area contributed by atoms with Gasteiger partial charge in [-0.3, -0.25) is 9.69 Å². The van der Waals surface area contributed by atoms with Gasteiger partial charge in [-0.05, 0) is 37.8 Å². The summed E-state index contributed by atoms with van der Waals surface area (Å²) >= 11 is 0. The SMILES string of the molecule is CCN(CC)Cc1ccc(C(=O)N2CCN(C)CC2)cc1. The van der Waals surface area contributed by atoms with Gasteiger partial charge in [-0.25, -0.2) is 0 Å². The Hall–Kier alpha value is -1.39. The number of hydrogen-bond acceptors (Lipinski definition) is 3. The van der Waals surface area contributed by atoms with Gasteiger partial charge in [0.15, 0.2) is 0 Å². The van der Waals surface area contributed by atoms with Gasteiger partial charge >= 0.3 is 0 Å². The van der Waals surface area contributed by atoms with E-state index in [1.165, 1.54) is 5.56 Å². The highest BCUT2D eigenvalue weighted by molar-refractivity contribution is 5.94. The second-order valence-corrected chi connectivity index (χ2v) is 5.75. The molecule has 1 aliphatic heterocycles. The minimum Gasteiger partial charge on any atom is -0.336 e. The van der Waals surface area contributed by atoms with E-state index < -0.39 is 0 Å². The molecular weight excluding hydrogens is 262 g/mol. The van der Waals surface area contributed by atoms with Crippen LogP contribution in [0.1, 0.15) is 29.8 Å². The van der Waals surface area contributed by atoms with E-state index in [1.807, 2.05) is 17.0 Å². The predicted molar refractivity (Wildman–Crippen MR) is 86.5 cm³/mol. The molecule has 21 heavy (non-hydrogen) atoms. The molecule has 4 heteroatoms. The summed E-state index contributed by atoms with van der Waals surface area (Å²) in [6.07, 6.45) is 0. The molecule has 0 radical (unpaired) electrons. The number of rotatable bonds is 5. The first-order valence-electron chi connectivity index (χ1n) is 7.93. The fraction of sp³-hybridized carbons (Fsp3) is 0.588. The zero-order valence-electron chi connectivity index (χ0n) is 13.5. The molecule has 0 saturated carbocycles. The number of likely N-dealkylation sites (N-methyl/N-ethyl adjacent to an activating group) is 1. The third kappa shape index (κ3) is 4.29. The van der Waals surface area contributed by atoms with Crippen LogP contribution in [0.15, 0.2) is 24.3 Å². The van der Waals surface area contributed by atoms with Crippen molar-refractivity contribution in [3.8, 4) is 0 Å². The summed E-state index contributed by atoms with van der Waals surface area (Å²) in [6, 6.07) is 8.11. The Morgan fingerprint density at radius 3 is 2.14 bits per heavy atom. The van der Waals surface area contributed by atoms with Gasteiger partial charge in [0.25, 0.3) is 5.91 Å². The number of carbonyl (C=O) groups excluding carboxylic acids is 1. The number of benzene rings is 1. The number of carbonyl (C=O) groups is 1. The first-order valence-corrected chi connectivity index (χ1v) is 7.93. The van der Waals surface area contributed by atoms with E-state index >= 15 is 0 Å². The van der Waals surface area contributed by atoms with Gasteiger partial charge in [0.1, 0.15) is 0 Å². The summed E-state index contributed by atoms with van der Waals surface area (Å²) < 4.78 is 0. The topological polar surface area (TPSA) is 26.8 Å². The Balaban J connectivity index is 1.96. The zero-order valence-corrected chi connectivity index (χ0v) is 13.5. The molecule has 1 amide bonds. The second-order valence-electron chi connectivity index (χ2n) is 5.75. The Labute approximate surface area is 128 Å². The zero-order chi connectivity index (χ0) is 15.2. The van der Waals surface area contributed by atoms with Crippen LogP contribution in [0.5, 0.6) is 0 Å². The lowest BCUT2D eigenvalue weighted by Gasteiger charge is -2.32. The molecule has 1 aliphatic rings. The maximum atomic E-state index is 12.4. The Morgan fingerprint density at radius 1 is 1.05 bits per heavy atom. The van der Waals surface area contributed by atoms with Crippen LogP contribution >= 0.6 is 0 Å². The Kier molecular flexibility index (Phi) is 5.76. The largest absolute Gasteiger partial charge is 0.336 e. The predicted octanol–water partition coefficient (Wildman–Crippen LogP) is 1.92. The van der Waals surface area contributed by atoms with E-state index in [4.69, 9.17) is 0 Å². The quantitative estimate of drug-likeness (QED) is 0.828. The molecule has 0 N–H and O–H groups in total. The lowest BCUT2D eigenvalue weighted by molar-refractivity contribution is 0.0664. The maximum Gasteiger partial charge on any atom is 0.253 e. The molecule has 4 nitrogen and oxygen atoms in total. The van der Waals surface area contributed by atoms with Gasteiger partial charge in [0, 0.05) is 38.3 Å². The monoisotopic (exact) mass is 289 g/mol. The Bertz CT molecular complexity index is 446. The molecule has 1 aromatic carbocycles. The fourth-order valence-electron chi connectivity index (χ4n) is 2.65. The summed E-state index contributed by atoms with van der Waals surface area (Å²) in [7, 11) is 2.10. The van der Waals surface area contributed by atoms with Gasteiger partial charge in [-0.15, -0.1) is 0 Å². The Morgan fingerprint density at radius 2 is 1.62 bits per heavy atom. The van der Waals surface area contributed by atoms with Gasteiger partial charge in [0.05, 0.1) is 0 Å². The number of hydrogen-bond donors (Lipinski definition) is 0. The molecule has 1 saturated heterocycles. The van der Waals surface area contributed by atoms with Crippen molar-refractivity contribution in [2.45, 2.75) is 20.4 Å². The highest BCUT2D eigenvalue weighted by Gasteiger charge is 2.20. The van der Waals surface area contributed by atoms with Crippen LogP contribution in [0.25, 0.3) is 0 Å². The maximum absolute atomic E-state index is 12.4. The lowest BCUT2D eigenvalue weighted by Crippen LogP contribution is -2.47. The van der Waals surface area contributed by atoms with Crippen molar-refractivity contribution >= 4 is 5.91 Å². The van der Waals surface area contributed by atoms with E-state index in [1.54, 1.807) is 0 Å². The van der Waals surface area contributed by atoms with E-state index in [-0.39, 0.29) is 5.91 Å². The molecule has 2 rings (SSSR count). The highest BCUT2D eigenvalue weighted by Crippen LogP contribution is 2.11. The first kappa shape index (κ1) is 16.0. The second kappa shape index (κ2) is 7.57. The van der Waals surface area contributed by atoms with Gasteiger partial charge < -0.3 is 9.80 Å². The normalized spacial score (nSPS) is 16.5. The molecule has 1 aromatic rings. The average Bonchev–Trinajstić information content (AvgIpc) is 2.53. The van der Waals surface area contributed by atoms with Crippen molar-refractivity contribution in [1.29, 1.82) is 0 Å².